The third-order valence-electron chi connectivity index (χ3n) is 4.89. The van der Waals surface area contributed by atoms with Crippen LogP contribution in [0.25, 0.3) is 0 Å². The van der Waals surface area contributed by atoms with Gasteiger partial charge in [-0.25, -0.2) is 13.1 Å². The lowest BCUT2D eigenvalue weighted by molar-refractivity contribution is -0.132. The Labute approximate surface area is 140 Å². The van der Waals surface area contributed by atoms with E-state index in [4.69, 9.17) is 0 Å². The molecule has 7 heteroatoms. The first-order chi connectivity index (χ1) is 11.0. The fraction of sp³-hybridized carbons (Fsp3) is 0.938. The zero-order valence-electron chi connectivity index (χ0n) is 14.2. The van der Waals surface area contributed by atoms with E-state index in [0.717, 1.165) is 32.4 Å². The van der Waals surface area contributed by atoms with Gasteiger partial charge in [0, 0.05) is 25.6 Å². The number of amides is 1. The minimum atomic E-state index is -3.15. The molecule has 0 bridgehead atoms. The lowest BCUT2D eigenvalue weighted by atomic mass is 9.93. The van der Waals surface area contributed by atoms with Crippen LogP contribution >= 0.6 is 0 Å². The Morgan fingerprint density at radius 2 is 1.83 bits per heavy atom. The predicted octanol–water partition coefficient (Wildman–Crippen LogP) is 1.09. The van der Waals surface area contributed by atoms with E-state index in [1.807, 2.05) is 11.8 Å². The van der Waals surface area contributed by atoms with Gasteiger partial charge in [0.2, 0.25) is 15.9 Å². The average molecular weight is 346 g/mol. The van der Waals surface area contributed by atoms with Crippen molar-refractivity contribution in [2.75, 3.05) is 31.9 Å². The SMILES string of the molecule is CCCS(=O)(=O)NC1CCN(C(=O)CCC2CCNCC2)CC1. The standard InChI is InChI=1S/C16H31N3O3S/c1-2-13-23(21,22)18-15-7-11-19(12-8-15)16(20)4-3-14-5-9-17-10-6-14/h14-15,17-18H,2-13H2,1H3. The van der Waals surface area contributed by atoms with E-state index < -0.39 is 10.0 Å². The number of hydrogen-bond acceptors (Lipinski definition) is 4. The van der Waals surface area contributed by atoms with Crippen LogP contribution in [-0.4, -0.2) is 57.2 Å². The van der Waals surface area contributed by atoms with Gasteiger partial charge in [-0.2, -0.15) is 0 Å². The maximum Gasteiger partial charge on any atom is 0.222 e. The second kappa shape index (κ2) is 8.99. The van der Waals surface area contributed by atoms with Gasteiger partial charge in [-0.3, -0.25) is 4.79 Å². The number of carbonyl (C=O) groups is 1. The van der Waals surface area contributed by atoms with Crippen molar-refractivity contribution in [3.8, 4) is 0 Å². The third-order valence-corrected chi connectivity index (χ3v) is 6.53. The molecule has 0 spiro atoms. The van der Waals surface area contributed by atoms with Crippen LogP contribution in [0.5, 0.6) is 0 Å². The second-order valence-corrected chi connectivity index (χ2v) is 8.70. The molecule has 2 fully saturated rings. The number of sulfonamides is 1. The van der Waals surface area contributed by atoms with Gasteiger partial charge in [-0.05, 0) is 57.5 Å². The Bertz CT molecular complexity index is 467. The van der Waals surface area contributed by atoms with E-state index in [0.29, 0.717) is 31.8 Å². The van der Waals surface area contributed by atoms with Crippen LogP contribution in [0.4, 0.5) is 0 Å². The van der Waals surface area contributed by atoms with Gasteiger partial charge in [-0.1, -0.05) is 6.92 Å². The summed E-state index contributed by atoms with van der Waals surface area (Å²) in [6, 6.07) is -0.0139. The van der Waals surface area contributed by atoms with Crippen LogP contribution in [0.15, 0.2) is 0 Å². The van der Waals surface area contributed by atoms with Gasteiger partial charge in [0.15, 0.2) is 0 Å². The third kappa shape index (κ3) is 6.39. The van der Waals surface area contributed by atoms with Gasteiger partial charge < -0.3 is 10.2 Å². The first-order valence-electron chi connectivity index (χ1n) is 8.98. The molecular formula is C16H31N3O3S. The van der Waals surface area contributed by atoms with Crippen LogP contribution in [0.1, 0.15) is 51.9 Å². The van der Waals surface area contributed by atoms with Crippen molar-refractivity contribution < 1.29 is 13.2 Å². The van der Waals surface area contributed by atoms with E-state index in [2.05, 4.69) is 10.0 Å². The summed E-state index contributed by atoms with van der Waals surface area (Å²) in [5, 5.41) is 3.35. The normalized spacial score (nSPS) is 21.5. The van der Waals surface area contributed by atoms with E-state index in [1.165, 1.54) is 12.8 Å². The van der Waals surface area contributed by atoms with Crippen molar-refractivity contribution in [1.29, 1.82) is 0 Å². The van der Waals surface area contributed by atoms with Crippen molar-refractivity contribution in [2.24, 2.45) is 5.92 Å². The first kappa shape index (κ1) is 18.7. The number of nitrogens with zero attached hydrogens (tertiary/aromatic N) is 1. The molecule has 6 nitrogen and oxygen atoms in total. The maximum atomic E-state index is 12.3. The van der Waals surface area contributed by atoms with Crippen LogP contribution in [-0.2, 0) is 14.8 Å². The van der Waals surface area contributed by atoms with Crippen LogP contribution in [0.2, 0.25) is 0 Å². The summed E-state index contributed by atoms with van der Waals surface area (Å²) in [5.41, 5.74) is 0. The molecule has 2 heterocycles. The average Bonchev–Trinajstić information content (AvgIpc) is 2.54. The molecule has 0 saturated carbocycles. The van der Waals surface area contributed by atoms with Crippen LogP contribution in [0, 0.1) is 5.92 Å². The number of piperidine rings is 2. The molecule has 2 aliphatic rings. The maximum absolute atomic E-state index is 12.3. The van der Waals surface area contributed by atoms with Crippen molar-refractivity contribution in [1.82, 2.24) is 14.9 Å². The van der Waals surface area contributed by atoms with E-state index in [1.54, 1.807) is 0 Å². The minimum Gasteiger partial charge on any atom is -0.343 e. The zero-order chi connectivity index (χ0) is 16.7. The highest BCUT2D eigenvalue weighted by atomic mass is 32.2. The number of likely N-dealkylation sites (tertiary alicyclic amines) is 1. The predicted molar refractivity (Wildman–Crippen MR) is 91.6 cm³/mol. The van der Waals surface area contributed by atoms with Gasteiger partial charge in [-0.15, -0.1) is 0 Å². The molecule has 134 valence electrons. The molecule has 2 aliphatic heterocycles. The number of nitrogens with one attached hydrogen (secondary N) is 2. The summed E-state index contributed by atoms with van der Waals surface area (Å²) in [7, 11) is -3.15. The van der Waals surface area contributed by atoms with Gasteiger partial charge in [0.05, 0.1) is 5.75 Å². The van der Waals surface area contributed by atoms with Gasteiger partial charge in [0.25, 0.3) is 0 Å². The lowest BCUT2D eigenvalue weighted by Gasteiger charge is -2.33. The summed E-state index contributed by atoms with van der Waals surface area (Å²) in [4.78, 5) is 14.2. The second-order valence-electron chi connectivity index (χ2n) is 6.82. The molecule has 2 N–H and O–H groups in total. The molecular weight excluding hydrogens is 314 g/mol. The summed E-state index contributed by atoms with van der Waals surface area (Å²) in [6.45, 7) is 5.35. The largest absolute Gasteiger partial charge is 0.343 e. The molecule has 0 radical (unpaired) electrons. The van der Waals surface area contributed by atoms with Crippen LogP contribution in [0.3, 0.4) is 0 Å². The fourth-order valence-electron chi connectivity index (χ4n) is 3.48. The molecule has 1 amide bonds. The first-order valence-corrected chi connectivity index (χ1v) is 10.6. The summed E-state index contributed by atoms with van der Waals surface area (Å²) < 4.78 is 26.4. The molecule has 0 aromatic carbocycles. The molecule has 0 atom stereocenters. The lowest BCUT2D eigenvalue weighted by Crippen LogP contribution is -2.47. The molecule has 2 saturated heterocycles. The Balaban J connectivity index is 1.68. The Kier molecular flexibility index (Phi) is 7.30. The minimum absolute atomic E-state index is 0.0139. The highest BCUT2D eigenvalue weighted by Crippen LogP contribution is 2.20. The smallest absolute Gasteiger partial charge is 0.222 e. The van der Waals surface area contributed by atoms with Gasteiger partial charge in [0.1, 0.15) is 0 Å². The summed E-state index contributed by atoms with van der Waals surface area (Å²) >= 11 is 0. The monoisotopic (exact) mass is 345 g/mol. The Hall–Kier alpha value is -0.660. The van der Waals surface area contributed by atoms with Crippen molar-refractivity contribution in [3.05, 3.63) is 0 Å². The van der Waals surface area contributed by atoms with Crippen LogP contribution < -0.4 is 10.0 Å². The van der Waals surface area contributed by atoms with E-state index >= 15 is 0 Å². The summed E-state index contributed by atoms with van der Waals surface area (Å²) in [5.74, 6) is 1.10. The Morgan fingerprint density at radius 1 is 1.17 bits per heavy atom. The molecule has 23 heavy (non-hydrogen) atoms. The highest BCUT2D eigenvalue weighted by Gasteiger charge is 2.26. The number of rotatable bonds is 7. The van der Waals surface area contributed by atoms with E-state index in [9.17, 15) is 13.2 Å². The number of hydrogen-bond donors (Lipinski definition) is 2. The van der Waals surface area contributed by atoms with Crippen molar-refractivity contribution >= 4 is 15.9 Å². The van der Waals surface area contributed by atoms with E-state index in [-0.39, 0.29) is 17.7 Å². The quantitative estimate of drug-likeness (QED) is 0.724. The van der Waals surface area contributed by atoms with Gasteiger partial charge >= 0.3 is 0 Å². The zero-order valence-corrected chi connectivity index (χ0v) is 15.0. The molecule has 0 aromatic rings. The van der Waals surface area contributed by atoms with Crippen molar-refractivity contribution in [2.45, 2.75) is 57.9 Å². The summed E-state index contributed by atoms with van der Waals surface area (Å²) in [6.07, 6.45) is 6.05. The highest BCUT2D eigenvalue weighted by molar-refractivity contribution is 7.89. The van der Waals surface area contributed by atoms with Crippen molar-refractivity contribution in [3.63, 3.8) is 0 Å². The molecule has 0 unspecified atom stereocenters. The topological polar surface area (TPSA) is 78.5 Å². The molecule has 0 aromatic heterocycles. The Morgan fingerprint density at radius 3 is 2.43 bits per heavy atom. The molecule has 2 rings (SSSR count). The fourth-order valence-corrected chi connectivity index (χ4v) is 4.88. The molecule has 0 aliphatic carbocycles. The number of carbonyl (C=O) groups excluding carboxylic acids is 1.